The molecule has 0 saturated carbocycles. The van der Waals surface area contributed by atoms with Gasteiger partial charge in [0.25, 0.3) is 0 Å². The first-order chi connectivity index (χ1) is 47.6. The van der Waals surface area contributed by atoms with Gasteiger partial charge in [0.1, 0.15) is 19.3 Å². The molecule has 3 N–H and O–H groups in total. The Balaban J connectivity index is 5.24. The van der Waals surface area contributed by atoms with Gasteiger partial charge in [-0.25, -0.2) is 9.13 Å². The number of esters is 4. The van der Waals surface area contributed by atoms with Crippen molar-refractivity contribution in [3.05, 3.63) is 0 Å². The van der Waals surface area contributed by atoms with Gasteiger partial charge in [-0.05, 0) is 49.4 Å². The van der Waals surface area contributed by atoms with Crippen molar-refractivity contribution in [1.82, 2.24) is 0 Å². The molecule has 0 amide bonds. The summed E-state index contributed by atoms with van der Waals surface area (Å²) in [7, 11) is -9.92. The average molecular weight is 1450 g/mol. The fourth-order valence-electron chi connectivity index (χ4n) is 12.2. The van der Waals surface area contributed by atoms with Crippen LogP contribution in [0.15, 0.2) is 0 Å². The number of unbranched alkanes of at least 4 members (excludes halogenated alkanes) is 42. The first kappa shape index (κ1) is 97.1. The predicted octanol–water partition coefficient (Wildman–Crippen LogP) is 23.6. The molecule has 0 aliphatic carbocycles. The van der Waals surface area contributed by atoms with Gasteiger partial charge in [0.05, 0.1) is 26.4 Å². The molecule has 99 heavy (non-hydrogen) atoms. The van der Waals surface area contributed by atoms with Gasteiger partial charge >= 0.3 is 39.5 Å². The molecular weight excluding hydrogens is 1290 g/mol. The minimum Gasteiger partial charge on any atom is -0.462 e. The van der Waals surface area contributed by atoms with Crippen molar-refractivity contribution in [2.24, 2.45) is 23.7 Å². The van der Waals surface area contributed by atoms with E-state index in [-0.39, 0.29) is 25.7 Å². The number of aliphatic hydroxyl groups is 1. The van der Waals surface area contributed by atoms with E-state index >= 15 is 0 Å². The summed E-state index contributed by atoms with van der Waals surface area (Å²) in [5, 5.41) is 10.6. The van der Waals surface area contributed by atoms with E-state index in [0.717, 1.165) is 114 Å². The van der Waals surface area contributed by atoms with Crippen LogP contribution in [0.5, 0.6) is 0 Å². The number of phosphoric ester groups is 2. The number of hydrogen-bond donors (Lipinski definition) is 3. The van der Waals surface area contributed by atoms with E-state index in [1.807, 2.05) is 0 Å². The van der Waals surface area contributed by atoms with Crippen molar-refractivity contribution in [2.45, 2.75) is 427 Å². The Morgan fingerprint density at radius 3 is 0.717 bits per heavy atom. The lowest BCUT2D eigenvalue weighted by atomic mass is 9.99. The van der Waals surface area contributed by atoms with Crippen LogP contribution < -0.4 is 0 Å². The lowest BCUT2D eigenvalue weighted by Gasteiger charge is -2.21. The summed E-state index contributed by atoms with van der Waals surface area (Å²) < 4.78 is 68.7. The van der Waals surface area contributed by atoms with Gasteiger partial charge < -0.3 is 33.8 Å². The fourth-order valence-corrected chi connectivity index (χ4v) is 13.8. The first-order valence-corrected chi connectivity index (χ1v) is 44.2. The third-order valence-corrected chi connectivity index (χ3v) is 20.8. The summed E-state index contributed by atoms with van der Waals surface area (Å²) in [6, 6.07) is 0. The van der Waals surface area contributed by atoms with Crippen LogP contribution in [-0.4, -0.2) is 96.7 Å². The van der Waals surface area contributed by atoms with Crippen molar-refractivity contribution >= 4 is 39.5 Å². The van der Waals surface area contributed by atoms with Crippen LogP contribution >= 0.6 is 15.6 Å². The highest BCUT2D eigenvalue weighted by Gasteiger charge is 2.30. The van der Waals surface area contributed by atoms with Gasteiger partial charge in [-0.3, -0.25) is 37.3 Å². The van der Waals surface area contributed by atoms with Crippen molar-refractivity contribution in [1.29, 1.82) is 0 Å². The number of hydrogen-bond acceptors (Lipinski definition) is 15. The van der Waals surface area contributed by atoms with Crippen LogP contribution in [0.25, 0.3) is 0 Å². The van der Waals surface area contributed by atoms with Gasteiger partial charge in [0.2, 0.25) is 0 Å². The molecule has 0 saturated heterocycles. The molecule has 0 bridgehead atoms. The highest BCUT2D eigenvalue weighted by atomic mass is 31.2. The Bertz CT molecular complexity index is 1940. The Morgan fingerprint density at radius 1 is 0.283 bits per heavy atom. The summed E-state index contributed by atoms with van der Waals surface area (Å²) in [5.74, 6) is 0.995. The van der Waals surface area contributed by atoms with Crippen LogP contribution in [0.1, 0.15) is 409 Å². The van der Waals surface area contributed by atoms with Crippen LogP contribution in [-0.2, 0) is 65.4 Å². The van der Waals surface area contributed by atoms with E-state index < -0.39 is 97.5 Å². The van der Waals surface area contributed by atoms with Crippen LogP contribution in [0.3, 0.4) is 0 Å². The fraction of sp³-hybridized carbons (Fsp3) is 0.950. The van der Waals surface area contributed by atoms with E-state index in [2.05, 4.69) is 55.4 Å². The minimum absolute atomic E-state index is 0.106. The van der Waals surface area contributed by atoms with Crippen LogP contribution in [0.4, 0.5) is 0 Å². The van der Waals surface area contributed by atoms with Gasteiger partial charge in [-0.15, -0.1) is 0 Å². The van der Waals surface area contributed by atoms with Crippen molar-refractivity contribution < 1.29 is 80.2 Å². The topological polar surface area (TPSA) is 237 Å². The number of rotatable bonds is 77. The smallest absolute Gasteiger partial charge is 0.462 e. The van der Waals surface area contributed by atoms with Crippen molar-refractivity contribution in [3.8, 4) is 0 Å². The second-order valence-electron chi connectivity index (χ2n) is 30.5. The Kier molecular flexibility index (Phi) is 67.8. The Labute approximate surface area is 607 Å². The lowest BCUT2D eigenvalue weighted by Crippen LogP contribution is -2.30. The maximum atomic E-state index is 13.1. The number of carbonyl (C=O) groups is 4. The van der Waals surface area contributed by atoms with E-state index in [0.29, 0.717) is 31.6 Å². The van der Waals surface area contributed by atoms with E-state index in [4.69, 9.17) is 37.0 Å². The molecule has 0 aromatic heterocycles. The SMILES string of the molecule is CCC(C)CCCCCCCCCCCCC(=O)OC[C@H](COP(=O)(O)OCC(O)COP(=O)(O)OC[C@@H](COC(=O)CCCCCCCCCC(C)C)OC(=O)CCCCCCCCCCCCCCCC(C)C)OC(=O)CCCCCCCCCCCCCCCCCCC(C)C. The molecule has 0 radical (unpaired) electrons. The summed E-state index contributed by atoms with van der Waals surface area (Å²) in [6.07, 6.45) is 55.5. The normalized spacial score (nSPS) is 14.3. The zero-order valence-corrected chi connectivity index (χ0v) is 66.9. The van der Waals surface area contributed by atoms with E-state index in [9.17, 15) is 43.2 Å². The zero-order valence-electron chi connectivity index (χ0n) is 65.1. The largest absolute Gasteiger partial charge is 0.472 e. The predicted molar refractivity (Wildman–Crippen MR) is 404 cm³/mol. The molecule has 19 heteroatoms. The molecule has 588 valence electrons. The zero-order chi connectivity index (χ0) is 73.1. The number of carbonyl (C=O) groups excluding carboxylic acids is 4. The maximum absolute atomic E-state index is 13.1. The monoisotopic (exact) mass is 1450 g/mol. The van der Waals surface area contributed by atoms with Crippen LogP contribution in [0.2, 0.25) is 0 Å². The number of aliphatic hydroxyl groups excluding tert-OH is 1. The molecule has 0 rings (SSSR count). The molecule has 0 aliphatic heterocycles. The molecule has 0 spiro atoms. The molecule has 4 unspecified atom stereocenters. The van der Waals surface area contributed by atoms with E-state index in [1.54, 1.807) is 0 Å². The summed E-state index contributed by atoms with van der Waals surface area (Å²) >= 11 is 0. The lowest BCUT2D eigenvalue weighted by molar-refractivity contribution is -0.161. The number of phosphoric acid groups is 2. The van der Waals surface area contributed by atoms with Gasteiger partial charge in [0.15, 0.2) is 12.2 Å². The van der Waals surface area contributed by atoms with Crippen molar-refractivity contribution in [2.75, 3.05) is 39.6 Å². The third-order valence-electron chi connectivity index (χ3n) is 18.9. The van der Waals surface area contributed by atoms with Crippen molar-refractivity contribution in [3.63, 3.8) is 0 Å². The summed E-state index contributed by atoms with van der Waals surface area (Å²) in [6.45, 7) is 14.3. The first-order valence-electron chi connectivity index (χ1n) is 41.2. The van der Waals surface area contributed by atoms with Crippen LogP contribution in [0, 0.1) is 23.7 Å². The molecule has 0 aliphatic rings. The minimum atomic E-state index is -4.96. The van der Waals surface area contributed by atoms with Gasteiger partial charge in [-0.1, -0.05) is 357 Å². The van der Waals surface area contributed by atoms with Gasteiger partial charge in [-0.2, -0.15) is 0 Å². The molecule has 6 atom stereocenters. The summed E-state index contributed by atoms with van der Waals surface area (Å²) in [5.41, 5.74) is 0. The highest BCUT2D eigenvalue weighted by Crippen LogP contribution is 2.45. The quantitative estimate of drug-likeness (QED) is 0.0222. The second-order valence-corrected chi connectivity index (χ2v) is 33.4. The molecule has 0 aromatic carbocycles. The molecule has 17 nitrogen and oxygen atoms in total. The molecule has 0 aromatic rings. The maximum Gasteiger partial charge on any atom is 0.472 e. The Morgan fingerprint density at radius 2 is 0.485 bits per heavy atom. The molecule has 0 heterocycles. The summed E-state index contributed by atoms with van der Waals surface area (Å²) in [4.78, 5) is 73.0. The highest BCUT2D eigenvalue weighted by molar-refractivity contribution is 7.47. The van der Waals surface area contributed by atoms with Gasteiger partial charge in [0, 0.05) is 25.7 Å². The third kappa shape index (κ3) is 72.8. The average Bonchev–Trinajstić information content (AvgIpc) is 0.963. The number of ether oxygens (including phenoxy) is 4. The standard InChI is InChI=1S/C80H156O17P2/c1-9-73(8)59-51-43-35-27-23-24-28-36-44-52-60-77(82)90-66-75(96-79(84)62-54-46-37-29-21-17-13-11-10-12-15-19-25-32-40-48-56-70(2)3)68-94-98(86,87)92-64-74(81)65-93-99(88,89)95-69-76(67-91-78(83)61-53-45-39-31-34-42-50-58-72(6)7)97-80(85)63-55-47-38-30-22-18-14-16-20-26-33-41-49-57-71(4)5/h70-76,81H,9-69H2,1-8H3,(H,86,87)(H,88,89)/t73?,74?,75-,76-/m1/s1. The Hall–Kier alpha value is -1.94. The van der Waals surface area contributed by atoms with E-state index in [1.165, 1.54) is 205 Å². The second kappa shape index (κ2) is 69.1. The molecular formula is C80H156O17P2. The molecule has 0 fully saturated rings.